The molecule has 0 aliphatic heterocycles. The minimum Gasteiger partial charge on any atom is -0.350 e. The first kappa shape index (κ1) is 34.5. The Kier molecular flexibility index (Phi) is 11.4. The first-order chi connectivity index (χ1) is 21.2. The van der Waals surface area contributed by atoms with Crippen LogP contribution in [0.25, 0.3) is 0 Å². The van der Waals surface area contributed by atoms with Gasteiger partial charge in [0, 0.05) is 33.0 Å². The van der Waals surface area contributed by atoms with Gasteiger partial charge in [0.05, 0.1) is 10.6 Å². The normalized spacial score (nSPS) is 12.3. The van der Waals surface area contributed by atoms with Crippen molar-refractivity contribution in [1.82, 2.24) is 10.2 Å². The van der Waals surface area contributed by atoms with Gasteiger partial charge >= 0.3 is 0 Å². The number of hydrogen-bond donors (Lipinski definition) is 1. The summed E-state index contributed by atoms with van der Waals surface area (Å²) >= 11 is 16.1. The summed E-state index contributed by atoms with van der Waals surface area (Å²) in [5, 5.41) is 3.74. The second kappa shape index (κ2) is 14.8. The second-order valence-electron chi connectivity index (χ2n) is 11.5. The van der Waals surface area contributed by atoms with Gasteiger partial charge in [0.15, 0.2) is 0 Å². The minimum absolute atomic E-state index is 0.0272. The van der Waals surface area contributed by atoms with Gasteiger partial charge in [-0.1, -0.05) is 93.7 Å². The third kappa shape index (κ3) is 9.33. The topological polar surface area (TPSA) is 86.8 Å². The Labute approximate surface area is 283 Å². The van der Waals surface area contributed by atoms with Gasteiger partial charge in [-0.3, -0.25) is 13.9 Å². The Balaban J connectivity index is 1.83. The Morgan fingerprint density at radius 2 is 1.47 bits per heavy atom. The average molecular weight is 732 g/mol. The van der Waals surface area contributed by atoms with Crippen LogP contribution < -0.4 is 9.62 Å². The van der Waals surface area contributed by atoms with Gasteiger partial charge in [0.1, 0.15) is 12.6 Å². The maximum Gasteiger partial charge on any atom is 0.264 e. The SMILES string of the molecule is CC(C)(C)NC(=O)[C@@H](Cc1ccccc1)N(Cc1ccc(Cl)cc1Cl)C(=O)CN(c1ccc(Br)cc1)S(=O)(=O)c1ccccc1. The van der Waals surface area contributed by atoms with Crippen LogP contribution in [-0.2, 0) is 32.6 Å². The van der Waals surface area contributed by atoms with Gasteiger partial charge in [-0.2, -0.15) is 0 Å². The maximum absolute atomic E-state index is 14.5. The van der Waals surface area contributed by atoms with Crippen molar-refractivity contribution in [2.24, 2.45) is 0 Å². The van der Waals surface area contributed by atoms with E-state index in [4.69, 9.17) is 23.2 Å². The quantitative estimate of drug-likeness (QED) is 0.173. The van der Waals surface area contributed by atoms with Gasteiger partial charge in [-0.05, 0) is 80.4 Å². The molecule has 0 heterocycles. The van der Waals surface area contributed by atoms with Crippen LogP contribution in [0.4, 0.5) is 5.69 Å². The zero-order valence-electron chi connectivity index (χ0n) is 25.1. The number of nitrogens with zero attached hydrogens (tertiary/aromatic N) is 2. The van der Waals surface area contributed by atoms with Crippen molar-refractivity contribution in [2.45, 2.75) is 50.2 Å². The molecule has 0 radical (unpaired) electrons. The van der Waals surface area contributed by atoms with Gasteiger partial charge in [-0.25, -0.2) is 8.42 Å². The minimum atomic E-state index is -4.19. The molecule has 4 rings (SSSR count). The van der Waals surface area contributed by atoms with E-state index in [-0.39, 0.29) is 23.8 Å². The Bertz CT molecular complexity index is 1730. The smallest absolute Gasteiger partial charge is 0.264 e. The first-order valence-electron chi connectivity index (χ1n) is 14.2. The lowest BCUT2D eigenvalue weighted by atomic mass is 10.0. The predicted octanol–water partition coefficient (Wildman–Crippen LogP) is 7.51. The van der Waals surface area contributed by atoms with Crippen LogP contribution in [0, 0.1) is 0 Å². The predicted molar refractivity (Wildman–Crippen MR) is 184 cm³/mol. The number of halogens is 3. The lowest BCUT2D eigenvalue weighted by Gasteiger charge is -2.35. The molecule has 2 amide bonds. The number of sulfonamides is 1. The van der Waals surface area contributed by atoms with Crippen molar-refractivity contribution in [3.05, 3.63) is 129 Å². The van der Waals surface area contributed by atoms with E-state index in [0.29, 0.717) is 21.3 Å². The van der Waals surface area contributed by atoms with Crippen LogP contribution >= 0.6 is 39.1 Å². The number of anilines is 1. The van der Waals surface area contributed by atoms with E-state index in [2.05, 4.69) is 21.2 Å². The Morgan fingerprint density at radius 1 is 0.867 bits per heavy atom. The molecule has 0 unspecified atom stereocenters. The molecule has 0 aliphatic rings. The molecule has 0 aromatic heterocycles. The van der Waals surface area contributed by atoms with Crippen molar-refractivity contribution >= 4 is 66.7 Å². The molecule has 45 heavy (non-hydrogen) atoms. The number of carbonyl (C=O) groups excluding carboxylic acids is 2. The van der Waals surface area contributed by atoms with Crippen molar-refractivity contribution in [3.63, 3.8) is 0 Å². The summed E-state index contributed by atoms with van der Waals surface area (Å²) in [6.45, 7) is 4.93. The summed E-state index contributed by atoms with van der Waals surface area (Å²) in [6, 6.07) is 27.8. The standard InChI is InChI=1S/C34H34BrCl2N3O4S/c1-34(2,3)38-33(42)31(20-24-10-6-4-7-11-24)39(22-25-14-17-27(36)21-30(25)37)32(41)23-40(28-18-15-26(35)16-19-28)45(43,44)29-12-8-5-9-13-29/h4-19,21,31H,20,22-23H2,1-3H3,(H,38,42)/t31-/m1/s1. The van der Waals surface area contributed by atoms with Crippen LogP contribution in [-0.4, -0.2) is 43.3 Å². The average Bonchev–Trinajstić information content (AvgIpc) is 2.99. The van der Waals surface area contributed by atoms with E-state index in [1.54, 1.807) is 60.7 Å². The molecule has 4 aromatic rings. The summed E-state index contributed by atoms with van der Waals surface area (Å²) in [5.74, 6) is -0.973. The van der Waals surface area contributed by atoms with Crippen molar-refractivity contribution in [2.75, 3.05) is 10.8 Å². The highest BCUT2D eigenvalue weighted by Crippen LogP contribution is 2.28. The van der Waals surface area contributed by atoms with Crippen LogP contribution in [0.5, 0.6) is 0 Å². The molecule has 0 aliphatic carbocycles. The van der Waals surface area contributed by atoms with E-state index >= 15 is 0 Å². The van der Waals surface area contributed by atoms with E-state index < -0.39 is 34.1 Å². The van der Waals surface area contributed by atoms with Crippen LogP contribution in [0.3, 0.4) is 0 Å². The summed E-state index contributed by atoms with van der Waals surface area (Å²) < 4.78 is 29.9. The Hall–Kier alpha value is -3.37. The molecule has 1 atom stereocenters. The molecule has 0 saturated heterocycles. The fraction of sp³-hybridized carbons (Fsp3) is 0.235. The lowest BCUT2D eigenvalue weighted by Crippen LogP contribution is -2.56. The van der Waals surface area contributed by atoms with E-state index in [0.717, 1.165) is 14.3 Å². The highest BCUT2D eigenvalue weighted by Gasteiger charge is 2.35. The summed E-state index contributed by atoms with van der Waals surface area (Å²) in [4.78, 5) is 29.9. The van der Waals surface area contributed by atoms with Gasteiger partial charge in [-0.15, -0.1) is 0 Å². The van der Waals surface area contributed by atoms with Crippen LogP contribution in [0.15, 0.2) is 112 Å². The highest BCUT2D eigenvalue weighted by molar-refractivity contribution is 9.10. The number of rotatable bonds is 11. The highest BCUT2D eigenvalue weighted by atomic mass is 79.9. The molecule has 0 fully saturated rings. The molecule has 7 nitrogen and oxygen atoms in total. The fourth-order valence-electron chi connectivity index (χ4n) is 4.70. The Morgan fingerprint density at radius 3 is 2.04 bits per heavy atom. The number of amides is 2. The van der Waals surface area contributed by atoms with Gasteiger partial charge in [0.25, 0.3) is 10.0 Å². The monoisotopic (exact) mass is 729 g/mol. The molecule has 236 valence electrons. The zero-order chi connectivity index (χ0) is 32.8. The third-order valence-corrected chi connectivity index (χ3v) is 9.75. The number of hydrogen-bond acceptors (Lipinski definition) is 4. The van der Waals surface area contributed by atoms with E-state index in [9.17, 15) is 18.0 Å². The van der Waals surface area contributed by atoms with Gasteiger partial charge < -0.3 is 10.2 Å². The summed E-state index contributed by atoms with van der Waals surface area (Å²) in [5.41, 5.74) is 1.07. The molecular weight excluding hydrogens is 697 g/mol. The van der Waals surface area contributed by atoms with Crippen LogP contribution in [0.2, 0.25) is 10.0 Å². The maximum atomic E-state index is 14.5. The van der Waals surface area contributed by atoms with Crippen molar-refractivity contribution < 1.29 is 18.0 Å². The van der Waals surface area contributed by atoms with Crippen molar-refractivity contribution in [3.8, 4) is 0 Å². The third-order valence-electron chi connectivity index (χ3n) is 6.85. The fourth-order valence-corrected chi connectivity index (χ4v) is 6.86. The number of nitrogens with one attached hydrogen (secondary N) is 1. The molecular formula is C34H34BrCl2N3O4S. The van der Waals surface area contributed by atoms with Crippen LogP contribution in [0.1, 0.15) is 31.9 Å². The molecule has 11 heteroatoms. The zero-order valence-corrected chi connectivity index (χ0v) is 29.0. The molecule has 0 saturated carbocycles. The molecule has 1 N–H and O–H groups in total. The number of carbonyl (C=O) groups is 2. The molecule has 4 aromatic carbocycles. The lowest BCUT2D eigenvalue weighted by molar-refractivity contribution is -0.140. The van der Waals surface area contributed by atoms with Crippen molar-refractivity contribution in [1.29, 1.82) is 0 Å². The van der Waals surface area contributed by atoms with E-state index in [1.165, 1.54) is 17.0 Å². The first-order valence-corrected chi connectivity index (χ1v) is 17.2. The second-order valence-corrected chi connectivity index (χ2v) is 15.1. The molecule has 0 spiro atoms. The van der Waals surface area contributed by atoms with E-state index in [1.807, 2.05) is 51.1 Å². The number of benzene rings is 4. The largest absolute Gasteiger partial charge is 0.350 e. The van der Waals surface area contributed by atoms with Gasteiger partial charge in [0.2, 0.25) is 11.8 Å². The summed E-state index contributed by atoms with van der Waals surface area (Å²) in [6.07, 6.45) is 0.184. The summed E-state index contributed by atoms with van der Waals surface area (Å²) in [7, 11) is -4.19. The molecule has 0 bridgehead atoms.